The Balaban J connectivity index is 2.20. The smallest absolute Gasteiger partial charge is 0.142 e. The van der Waals surface area contributed by atoms with E-state index in [2.05, 4.69) is 10.3 Å². The first-order chi connectivity index (χ1) is 9.10. The standard InChI is InChI=1S/C14H11Cl2N3/c1-9(12-6-5-10(15)7-13(12)16)18-14-4-2-3-11(8-17)19-14/h2-7,9H,1H3,(H,18,19). The Bertz CT molecular complexity index is 635. The molecule has 1 atom stereocenters. The fourth-order valence-corrected chi connectivity index (χ4v) is 2.30. The van der Waals surface area contributed by atoms with Crippen molar-refractivity contribution in [3.8, 4) is 6.07 Å². The minimum Gasteiger partial charge on any atom is -0.363 e. The van der Waals surface area contributed by atoms with E-state index in [-0.39, 0.29) is 6.04 Å². The van der Waals surface area contributed by atoms with Crippen molar-refractivity contribution in [3.05, 3.63) is 57.7 Å². The van der Waals surface area contributed by atoms with Crippen LogP contribution in [0.2, 0.25) is 10.0 Å². The van der Waals surface area contributed by atoms with Crippen LogP contribution in [0.3, 0.4) is 0 Å². The molecule has 19 heavy (non-hydrogen) atoms. The summed E-state index contributed by atoms with van der Waals surface area (Å²) in [5.74, 6) is 0.637. The van der Waals surface area contributed by atoms with Gasteiger partial charge in [0.1, 0.15) is 17.6 Å². The summed E-state index contributed by atoms with van der Waals surface area (Å²) in [5.41, 5.74) is 1.30. The van der Waals surface area contributed by atoms with Crippen LogP contribution in [0, 0.1) is 11.3 Å². The lowest BCUT2D eigenvalue weighted by Gasteiger charge is -2.16. The Morgan fingerprint density at radius 2 is 2.05 bits per heavy atom. The minimum atomic E-state index is -0.0359. The van der Waals surface area contributed by atoms with Crippen molar-refractivity contribution in [2.24, 2.45) is 0 Å². The molecule has 3 nitrogen and oxygen atoms in total. The SMILES string of the molecule is CC(Nc1cccc(C#N)n1)c1ccc(Cl)cc1Cl. The summed E-state index contributed by atoms with van der Waals surface area (Å²) in [6.45, 7) is 1.97. The third kappa shape index (κ3) is 3.37. The molecule has 0 spiro atoms. The van der Waals surface area contributed by atoms with Crippen LogP contribution in [0.15, 0.2) is 36.4 Å². The van der Waals surface area contributed by atoms with Gasteiger partial charge in [0.15, 0.2) is 0 Å². The molecule has 0 amide bonds. The van der Waals surface area contributed by atoms with Crippen LogP contribution in [0.4, 0.5) is 5.82 Å². The molecule has 5 heteroatoms. The molecule has 0 aliphatic heterocycles. The van der Waals surface area contributed by atoms with Crippen molar-refractivity contribution in [3.63, 3.8) is 0 Å². The number of hydrogen-bond donors (Lipinski definition) is 1. The van der Waals surface area contributed by atoms with Crippen LogP contribution in [-0.2, 0) is 0 Å². The summed E-state index contributed by atoms with van der Waals surface area (Å²) < 4.78 is 0. The number of nitrogens with zero attached hydrogens (tertiary/aromatic N) is 2. The summed E-state index contributed by atoms with van der Waals surface area (Å²) in [6, 6.07) is 12.6. The lowest BCUT2D eigenvalue weighted by Crippen LogP contribution is -2.08. The van der Waals surface area contributed by atoms with E-state index in [4.69, 9.17) is 28.5 Å². The number of rotatable bonds is 3. The number of aromatic nitrogens is 1. The monoisotopic (exact) mass is 291 g/mol. The molecule has 1 N–H and O–H groups in total. The van der Waals surface area contributed by atoms with Crippen molar-refractivity contribution in [1.82, 2.24) is 4.98 Å². The molecule has 1 unspecified atom stereocenters. The van der Waals surface area contributed by atoms with Gasteiger partial charge in [0, 0.05) is 10.0 Å². The van der Waals surface area contributed by atoms with Crippen LogP contribution in [0.1, 0.15) is 24.2 Å². The summed E-state index contributed by atoms with van der Waals surface area (Å²) >= 11 is 12.0. The van der Waals surface area contributed by atoms with Gasteiger partial charge in [-0.3, -0.25) is 0 Å². The van der Waals surface area contributed by atoms with Crippen LogP contribution in [-0.4, -0.2) is 4.98 Å². The zero-order chi connectivity index (χ0) is 13.8. The Morgan fingerprint density at radius 1 is 1.26 bits per heavy atom. The third-order valence-electron chi connectivity index (χ3n) is 2.66. The molecule has 0 saturated heterocycles. The lowest BCUT2D eigenvalue weighted by molar-refractivity contribution is 0.874. The van der Waals surface area contributed by atoms with Gasteiger partial charge in [-0.1, -0.05) is 35.3 Å². The van der Waals surface area contributed by atoms with Gasteiger partial charge >= 0.3 is 0 Å². The molecule has 0 radical (unpaired) electrons. The van der Waals surface area contributed by atoms with E-state index in [0.717, 1.165) is 5.56 Å². The van der Waals surface area contributed by atoms with Crippen molar-refractivity contribution < 1.29 is 0 Å². The number of anilines is 1. The topological polar surface area (TPSA) is 48.7 Å². The molecule has 0 aliphatic carbocycles. The molecule has 1 heterocycles. The van der Waals surface area contributed by atoms with Gasteiger partial charge in [0.05, 0.1) is 6.04 Å². The van der Waals surface area contributed by atoms with Crippen molar-refractivity contribution in [2.45, 2.75) is 13.0 Å². The normalized spacial score (nSPS) is 11.7. The zero-order valence-corrected chi connectivity index (χ0v) is 11.7. The Labute approximate surface area is 121 Å². The highest BCUT2D eigenvalue weighted by Gasteiger charge is 2.10. The molecule has 0 saturated carbocycles. The molecule has 0 aliphatic rings. The number of nitrogens with one attached hydrogen (secondary N) is 1. The number of halogens is 2. The number of hydrogen-bond acceptors (Lipinski definition) is 3. The van der Waals surface area contributed by atoms with Crippen molar-refractivity contribution >= 4 is 29.0 Å². The lowest BCUT2D eigenvalue weighted by atomic mass is 10.1. The zero-order valence-electron chi connectivity index (χ0n) is 10.2. The average Bonchev–Trinajstić information content (AvgIpc) is 2.38. The predicted molar refractivity (Wildman–Crippen MR) is 77.5 cm³/mol. The van der Waals surface area contributed by atoms with Gasteiger partial charge < -0.3 is 5.32 Å². The number of benzene rings is 1. The quantitative estimate of drug-likeness (QED) is 0.910. The molecule has 1 aromatic heterocycles. The van der Waals surface area contributed by atoms with Crippen molar-refractivity contribution in [2.75, 3.05) is 5.32 Å². The Hall–Kier alpha value is -1.76. The molecule has 0 fully saturated rings. The van der Waals surface area contributed by atoms with Crippen LogP contribution in [0.5, 0.6) is 0 Å². The second-order valence-corrected chi connectivity index (χ2v) is 4.90. The van der Waals surface area contributed by atoms with E-state index in [1.807, 2.05) is 19.1 Å². The van der Waals surface area contributed by atoms with E-state index < -0.39 is 0 Å². The van der Waals surface area contributed by atoms with Crippen molar-refractivity contribution in [1.29, 1.82) is 5.26 Å². The second kappa shape index (κ2) is 5.92. The van der Waals surface area contributed by atoms with Crippen LogP contribution >= 0.6 is 23.2 Å². The summed E-state index contributed by atoms with van der Waals surface area (Å²) in [4.78, 5) is 4.16. The van der Waals surface area contributed by atoms with Gasteiger partial charge in [-0.2, -0.15) is 5.26 Å². The van der Waals surface area contributed by atoms with E-state index >= 15 is 0 Å². The maximum absolute atomic E-state index is 8.81. The van der Waals surface area contributed by atoms with E-state index in [1.54, 1.807) is 30.3 Å². The van der Waals surface area contributed by atoms with Crippen LogP contribution < -0.4 is 5.32 Å². The molecule has 2 aromatic rings. The van der Waals surface area contributed by atoms with Gasteiger partial charge in [0.25, 0.3) is 0 Å². The molecule has 96 valence electrons. The third-order valence-corrected chi connectivity index (χ3v) is 3.22. The molecular formula is C14H11Cl2N3. The largest absolute Gasteiger partial charge is 0.363 e. The Kier molecular flexibility index (Phi) is 4.26. The minimum absolute atomic E-state index is 0.0359. The fourth-order valence-electron chi connectivity index (χ4n) is 1.73. The highest BCUT2D eigenvalue weighted by atomic mass is 35.5. The summed E-state index contributed by atoms with van der Waals surface area (Å²) in [7, 11) is 0. The summed E-state index contributed by atoms with van der Waals surface area (Å²) in [5, 5.41) is 13.2. The van der Waals surface area contributed by atoms with Gasteiger partial charge in [-0.05, 0) is 36.8 Å². The number of nitriles is 1. The maximum Gasteiger partial charge on any atom is 0.142 e. The van der Waals surface area contributed by atoms with Gasteiger partial charge in [0.2, 0.25) is 0 Å². The highest BCUT2D eigenvalue weighted by Crippen LogP contribution is 2.27. The second-order valence-electron chi connectivity index (χ2n) is 4.05. The van der Waals surface area contributed by atoms with E-state index in [9.17, 15) is 0 Å². The first-order valence-corrected chi connectivity index (χ1v) is 6.44. The van der Waals surface area contributed by atoms with Gasteiger partial charge in [-0.25, -0.2) is 4.98 Å². The molecule has 1 aromatic carbocycles. The molecule has 2 rings (SSSR count). The van der Waals surface area contributed by atoms with Gasteiger partial charge in [-0.15, -0.1) is 0 Å². The maximum atomic E-state index is 8.81. The molecule has 0 bridgehead atoms. The predicted octanol–water partition coefficient (Wildman–Crippen LogP) is 4.43. The first kappa shape index (κ1) is 13.7. The average molecular weight is 292 g/mol. The van der Waals surface area contributed by atoms with Crippen LogP contribution in [0.25, 0.3) is 0 Å². The fraction of sp³-hybridized carbons (Fsp3) is 0.143. The highest BCUT2D eigenvalue weighted by molar-refractivity contribution is 6.35. The Morgan fingerprint density at radius 3 is 2.74 bits per heavy atom. The number of pyridine rings is 1. The van der Waals surface area contributed by atoms with E-state index in [0.29, 0.717) is 21.6 Å². The summed E-state index contributed by atoms with van der Waals surface area (Å²) in [6.07, 6.45) is 0. The first-order valence-electron chi connectivity index (χ1n) is 5.69. The molecular weight excluding hydrogens is 281 g/mol. The van der Waals surface area contributed by atoms with E-state index in [1.165, 1.54) is 0 Å².